The van der Waals surface area contributed by atoms with Gasteiger partial charge in [-0.2, -0.15) is 5.10 Å². The van der Waals surface area contributed by atoms with E-state index in [0.717, 1.165) is 24.7 Å². The number of hydrogen-bond acceptors (Lipinski definition) is 4. The molecule has 0 aliphatic heterocycles. The molecule has 106 valence electrons. The van der Waals surface area contributed by atoms with Gasteiger partial charge in [0.1, 0.15) is 5.69 Å². The molecule has 0 aliphatic rings. The van der Waals surface area contributed by atoms with Crippen LogP contribution in [0.1, 0.15) is 19.0 Å². The molecule has 0 amide bonds. The van der Waals surface area contributed by atoms with Crippen LogP contribution in [0, 0.1) is 15.9 Å². The maximum Gasteiger partial charge on any atom is 0.272 e. The Morgan fingerprint density at radius 3 is 2.90 bits per heavy atom. The molecule has 1 aromatic heterocycles. The number of aromatic nitrogens is 2. The second-order valence-corrected chi connectivity index (χ2v) is 4.32. The Hall–Kier alpha value is -2.28. The van der Waals surface area contributed by atoms with Crippen LogP contribution < -0.4 is 5.32 Å². The molecule has 0 radical (unpaired) electrons. The molecule has 0 spiro atoms. The molecule has 1 aromatic carbocycles. The third-order valence-electron chi connectivity index (χ3n) is 2.77. The molecule has 1 N–H and O–H groups in total. The zero-order chi connectivity index (χ0) is 14.5. The van der Waals surface area contributed by atoms with E-state index in [4.69, 9.17) is 0 Å². The van der Waals surface area contributed by atoms with Gasteiger partial charge in [0.05, 0.1) is 16.7 Å². The van der Waals surface area contributed by atoms with E-state index in [0.29, 0.717) is 6.54 Å². The molecule has 0 unspecified atom stereocenters. The summed E-state index contributed by atoms with van der Waals surface area (Å²) in [6.45, 7) is 3.56. The zero-order valence-electron chi connectivity index (χ0n) is 11.0. The first-order valence-electron chi connectivity index (χ1n) is 6.31. The Bertz CT molecular complexity index is 612. The lowest BCUT2D eigenvalue weighted by Gasteiger charge is -2.03. The summed E-state index contributed by atoms with van der Waals surface area (Å²) in [7, 11) is 0. The molecule has 0 saturated heterocycles. The van der Waals surface area contributed by atoms with Gasteiger partial charge in [-0.1, -0.05) is 6.92 Å². The van der Waals surface area contributed by atoms with Crippen molar-refractivity contribution in [2.75, 3.05) is 6.54 Å². The van der Waals surface area contributed by atoms with Crippen molar-refractivity contribution in [3.8, 4) is 5.69 Å². The normalized spacial score (nSPS) is 10.7. The molecule has 2 rings (SSSR count). The SMILES string of the molecule is CCCNCc1ccn(-c2ccc([N+](=O)[O-])cc2F)n1. The van der Waals surface area contributed by atoms with E-state index in [1.54, 1.807) is 12.3 Å². The van der Waals surface area contributed by atoms with Crippen LogP contribution in [0.2, 0.25) is 0 Å². The van der Waals surface area contributed by atoms with Crippen molar-refractivity contribution >= 4 is 5.69 Å². The highest BCUT2D eigenvalue weighted by molar-refractivity contribution is 5.42. The van der Waals surface area contributed by atoms with Crippen LogP contribution in [0.25, 0.3) is 5.69 Å². The van der Waals surface area contributed by atoms with Gasteiger partial charge in [-0.05, 0) is 25.1 Å². The van der Waals surface area contributed by atoms with E-state index in [2.05, 4.69) is 17.3 Å². The number of nitrogens with zero attached hydrogens (tertiary/aromatic N) is 3. The molecule has 0 fully saturated rings. The highest BCUT2D eigenvalue weighted by atomic mass is 19.1. The van der Waals surface area contributed by atoms with E-state index in [1.807, 2.05) is 0 Å². The minimum absolute atomic E-state index is 0.192. The second kappa shape index (κ2) is 6.25. The van der Waals surface area contributed by atoms with Crippen molar-refractivity contribution in [3.05, 3.63) is 52.1 Å². The van der Waals surface area contributed by atoms with Crippen LogP contribution in [0.5, 0.6) is 0 Å². The van der Waals surface area contributed by atoms with E-state index < -0.39 is 10.7 Å². The van der Waals surface area contributed by atoms with Gasteiger partial charge in [0.25, 0.3) is 5.69 Å². The Labute approximate surface area is 115 Å². The second-order valence-electron chi connectivity index (χ2n) is 4.32. The van der Waals surface area contributed by atoms with Gasteiger partial charge in [-0.3, -0.25) is 10.1 Å². The predicted molar refractivity (Wildman–Crippen MR) is 72.2 cm³/mol. The molecule has 6 nitrogen and oxygen atoms in total. The number of rotatable bonds is 6. The molecule has 20 heavy (non-hydrogen) atoms. The average Bonchev–Trinajstić information content (AvgIpc) is 2.87. The fourth-order valence-corrected chi connectivity index (χ4v) is 1.78. The van der Waals surface area contributed by atoms with Gasteiger partial charge in [0.2, 0.25) is 0 Å². The number of nitro groups is 1. The fraction of sp³-hybridized carbons (Fsp3) is 0.308. The predicted octanol–water partition coefficient (Wildman–Crippen LogP) is 2.42. The summed E-state index contributed by atoms with van der Waals surface area (Å²) in [5.74, 6) is -0.671. The summed E-state index contributed by atoms with van der Waals surface area (Å²) in [5.41, 5.74) is 0.705. The highest BCUT2D eigenvalue weighted by Gasteiger charge is 2.12. The van der Waals surface area contributed by atoms with E-state index in [1.165, 1.54) is 16.8 Å². The van der Waals surface area contributed by atoms with Crippen LogP contribution in [-0.4, -0.2) is 21.2 Å². The maximum atomic E-state index is 13.8. The number of halogens is 1. The zero-order valence-corrected chi connectivity index (χ0v) is 11.0. The quantitative estimate of drug-likeness (QED) is 0.500. The van der Waals surface area contributed by atoms with Gasteiger partial charge >= 0.3 is 0 Å². The van der Waals surface area contributed by atoms with Gasteiger partial charge in [-0.15, -0.1) is 0 Å². The smallest absolute Gasteiger partial charge is 0.272 e. The molecule has 7 heteroatoms. The lowest BCUT2D eigenvalue weighted by atomic mass is 10.2. The van der Waals surface area contributed by atoms with Gasteiger partial charge < -0.3 is 5.32 Å². The summed E-state index contributed by atoms with van der Waals surface area (Å²) in [6, 6.07) is 5.29. The monoisotopic (exact) mass is 278 g/mol. The summed E-state index contributed by atoms with van der Waals surface area (Å²) < 4.78 is 15.2. The van der Waals surface area contributed by atoms with Crippen LogP contribution in [0.15, 0.2) is 30.5 Å². The Morgan fingerprint density at radius 1 is 1.45 bits per heavy atom. The molecule has 0 saturated carbocycles. The van der Waals surface area contributed by atoms with Crippen molar-refractivity contribution < 1.29 is 9.31 Å². The van der Waals surface area contributed by atoms with E-state index >= 15 is 0 Å². The molecule has 1 heterocycles. The largest absolute Gasteiger partial charge is 0.311 e. The lowest BCUT2D eigenvalue weighted by molar-refractivity contribution is -0.385. The van der Waals surface area contributed by atoms with Gasteiger partial charge in [0, 0.05) is 18.8 Å². The number of non-ortho nitro benzene ring substituents is 1. The minimum Gasteiger partial charge on any atom is -0.311 e. The summed E-state index contributed by atoms with van der Waals surface area (Å²) in [6.07, 6.45) is 2.66. The van der Waals surface area contributed by atoms with E-state index in [9.17, 15) is 14.5 Å². The summed E-state index contributed by atoms with van der Waals surface area (Å²) >= 11 is 0. The first-order valence-corrected chi connectivity index (χ1v) is 6.31. The fourth-order valence-electron chi connectivity index (χ4n) is 1.78. The van der Waals surface area contributed by atoms with Gasteiger partial charge in [-0.25, -0.2) is 9.07 Å². The Balaban J connectivity index is 2.17. The number of benzene rings is 1. The number of hydrogen-bond donors (Lipinski definition) is 1. The lowest BCUT2D eigenvalue weighted by Crippen LogP contribution is -2.14. The molecular weight excluding hydrogens is 263 g/mol. The molecule has 2 aromatic rings. The summed E-state index contributed by atoms with van der Waals surface area (Å²) in [5, 5.41) is 18.0. The third-order valence-corrected chi connectivity index (χ3v) is 2.77. The topological polar surface area (TPSA) is 73.0 Å². The van der Waals surface area contributed by atoms with Crippen molar-refractivity contribution in [2.45, 2.75) is 19.9 Å². The van der Waals surface area contributed by atoms with Crippen LogP contribution in [0.4, 0.5) is 10.1 Å². The van der Waals surface area contributed by atoms with Crippen molar-refractivity contribution in [2.24, 2.45) is 0 Å². The van der Waals surface area contributed by atoms with Gasteiger partial charge in [0.15, 0.2) is 5.82 Å². The van der Waals surface area contributed by atoms with Crippen LogP contribution in [-0.2, 0) is 6.54 Å². The average molecular weight is 278 g/mol. The Morgan fingerprint density at radius 2 is 2.25 bits per heavy atom. The highest BCUT2D eigenvalue weighted by Crippen LogP contribution is 2.19. The molecule has 0 bridgehead atoms. The minimum atomic E-state index is -0.671. The van der Waals surface area contributed by atoms with Crippen LogP contribution >= 0.6 is 0 Å². The number of nitro benzene ring substituents is 1. The standard InChI is InChI=1S/C13H15FN4O2/c1-2-6-15-9-10-5-7-17(16-10)13-4-3-11(18(19)20)8-12(13)14/h3-5,7-8,15H,2,6,9H2,1H3. The summed E-state index contributed by atoms with van der Waals surface area (Å²) in [4.78, 5) is 9.93. The maximum absolute atomic E-state index is 13.8. The molecule has 0 aliphatic carbocycles. The van der Waals surface area contributed by atoms with Crippen molar-refractivity contribution in [3.63, 3.8) is 0 Å². The molecule has 0 atom stereocenters. The van der Waals surface area contributed by atoms with Crippen molar-refractivity contribution in [1.82, 2.24) is 15.1 Å². The van der Waals surface area contributed by atoms with E-state index in [-0.39, 0.29) is 11.4 Å². The third kappa shape index (κ3) is 3.18. The van der Waals surface area contributed by atoms with Crippen molar-refractivity contribution in [1.29, 1.82) is 0 Å². The Kier molecular flexibility index (Phi) is 4.41. The number of nitrogens with one attached hydrogen (secondary N) is 1. The first kappa shape index (κ1) is 14.1. The first-order chi connectivity index (χ1) is 9.61. The van der Waals surface area contributed by atoms with Crippen LogP contribution in [0.3, 0.4) is 0 Å². The molecular formula is C13H15FN4O2.